The third-order valence-electron chi connectivity index (χ3n) is 2.04. The average Bonchev–Trinajstić information content (AvgIpc) is 2.19. The molecule has 0 aromatic rings. The van der Waals surface area contributed by atoms with Gasteiger partial charge in [-0.2, -0.15) is 0 Å². The van der Waals surface area contributed by atoms with Crippen molar-refractivity contribution in [2.75, 3.05) is 13.7 Å². The van der Waals surface area contributed by atoms with Crippen LogP contribution in [0.25, 0.3) is 0 Å². The number of aliphatic hydroxyl groups is 4. The molecule has 1 unspecified atom stereocenters. The molecule has 7 heteroatoms. The molecule has 14 heavy (non-hydrogen) atoms. The maximum atomic E-state index is 9.33. The van der Waals surface area contributed by atoms with E-state index in [-0.39, 0.29) is 0 Å². The van der Waals surface area contributed by atoms with E-state index >= 15 is 0 Å². The summed E-state index contributed by atoms with van der Waals surface area (Å²) in [4.78, 5) is 8.76. The van der Waals surface area contributed by atoms with Crippen LogP contribution in [0.4, 0.5) is 0 Å². The lowest BCUT2D eigenvalue weighted by Crippen LogP contribution is -2.59. The Hall–Kier alpha value is -0.280. The predicted octanol–water partition coefficient (Wildman–Crippen LogP) is -2.64. The summed E-state index contributed by atoms with van der Waals surface area (Å²) >= 11 is 0. The van der Waals surface area contributed by atoms with Gasteiger partial charge in [-0.05, 0) is 0 Å². The lowest BCUT2D eigenvalue weighted by atomic mass is 9.99. The van der Waals surface area contributed by atoms with Crippen molar-refractivity contribution >= 4 is 0 Å². The standard InChI is InChI=1S/C7H14O7/c1-12-14-7-6(11)5(10)4(9)3(2-8)13-7/h3-11H,2H2,1H3/t3-,4+,5-,6+,7?/m1/s1. The van der Waals surface area contributed by atoms with Crippen molar-refractivity contribution in [1.82, 2.24) is 0 Å². The van der Waals surface area contributed by atoms with E-state index in [4.69, 9.17) is 9.84 Å². The molecule has 1 fully saturated rings. The second kappa shape index (κ2) is 4.99. The van der Waals surface area contributed by atoms with Crippen LogP contribution in [-0.4, -0.2) is 64.8 Å². The number of aliphatic hydroxyl groups excluding tert-OH is 4. The van der Waals surface area contributed by atoms with Crippen molar-refractivity contribution in [3.8, 4) is 0 Å². The molecule has 5 atom stereocenters. The summed E-state index contributed by atoms with van der Waals surface area (Å²) in [5.74, 6) is 0. The molecule has 1 saturated heterocycles. The zero-order valence-corrected chi connectivity index (χ0v) is 7.61. The van der Waals surface area contributed by atoms with Crippen molar-refractivity contribution < 1.29 is 34.9 Å². The van der Waals surface area contributed by atoms with Crippen molar-refractivity contribution in [3.63, 3.8) is 0 Å². The summed E-state index contributed by atoms with van der Waals surface area (Å²) in [6.45, 7) is -0.492. The first-order chi connectivity index (χ1) is 6.61. The number of rotatable bonds is 3. The van der Waals surface area contributed by atoms with Crippen molar-refractivity contribution in [1.29, 1.82) is 0 Å². The Morgan fingerprint density at radius 3 is 2.29 bits per heavy atom. The largest absolute Gasteiger partial charge is 0.394 e. The summed E-state index contributed by atoms with van der Waals surface area (Å²) in [6, 6.07) is 0. The van der Waals surface area contributed by atoms with E-state index in [0.717, 1.165) is 0 Å². The molecule has 4 N–H and O–H groups in total. The van der Waals surface area contributed by atoms with Gasteiger partial charge in [0, 0.05) is 0 Å². The number of hydrogen-bond acceptors (Lipinski definition) is 7. The summed E-state index contributed by atoms with van der Waals surface area (Å²) in [5.41, 5.74) is 0. The highest BCUT2D eigenvalue weighted by Gasteiger charge is 2.44. The zero-order chi connectivity index (χ0) is 10.7. The zero-order valence-electron chi connectivity index (χ0n) is 7.61. The molecule has 0 saturated carbocycles. The van der Waals surface area contributed by atoms with Gasteiger partial charge >= 0.3 is 0 Å². The predicted molar refractivity (Wildman–Crippen MR) is 41.9 cm³/mol. The molecule has 7 nitrogen and oxygen atoms in total. The van der Waals surface area contributed by atoms with Gasteiger partial charge in [-0.3, -0.25) is 0 Å². The van der Waals surface area contributed by atoms with Crippen LogP contribution in [0, 0.1) is 0 Å². The highest BCUT2D eigenvalue weighted by Crippen LogP contribution is 2.21. The van der Waals surface area contributed by atoms with Crippen molar-refractivity contribution in [2.24, 2.45) is 0 Å². The van der Waals surface area contributed by atoms with E-state index in [1.165, 1.54) is 7.11 Å². The monoisotopic (exact) mass is 210 g/mol. The minimum Gasteiger partial charge on any atom is -0.394 e. The Kier molecular flexibility index (Phi) is 4.20. The van der Waals surface area contributed by atoms with Gasteiger partial charge in [0.25, 0.3) is 0 Å². The SMILES string of the molecule is COOC1O[C@H](CO)[C@H](O)[C@@H](O)[C@@H]1O. The number of ether oxygens (including phenoxy) is 1. The number of hydrogen-bond donors (Lipinski definition) is 4. The fourth-order valence-electron chi connectivity index (χ4n) is 1.24. The van der Waals surface area contributed by atoms with E-state index in [1.807, 2.05) is 0 Å². The molecule has 1 heterocycles. The molecule has 1 aliphatic rings. The maximum Gasteiger partial charge on any atom is 0.220 e. The fraction of sp³-hybridized carbons (Fsp3) is 1.00. The van der Waals surface area contributed by atoms with Crippen LogP contribution in [0.2, 0.25) is 0 Å². The van der Waals surface area contributed by atoms with Gasteiger partial charge in [0.2, 0.25) is 6.29 Å². The van der Waals surface area contributed by atoms with Gasteiger partial charge in [0.15, 0.2) is 0 Å². The normalized spacial score (nSPS) is 43.9. The Labute approximate surface area is 80.4 Å². The van der Waals surface area contributed by atoms with E-state index in [9.17, 15) is 15.3 Å². The second-order valence-corrected chi connectivity index (χ2v) is 2.96. The third kappa shape index (κ3) is 2.20. The first-order valence-electron chi connectivity index (χ1n) is 4.11. The topological polar surface area (TPSA) is 109 Å². The highest BCUT2D eigenvalue weighted by atomic mass is 17.2. The van der Waals surface area contributed by atoms with E-state index in [0.29, 0.717) is 0 Å². The molecule has 0 aliphatic carbocycles. The maximum absolute atomic E-state index is 9.33. The Bertz CT molecular complexity index is 171. The van der Waals surface area contributed by atoms with Crippen LogP contribution in [0.5, 0.6) is 0 Å². The van der Waals surface area contributed by atoms with Gasteiger partial charge in [-0.1, -0.05) is 0 Å². The van der Waals surface area contributed by atoms with Gasteiger partial charge in [-0.25, -0.2) is 9.78 Å². The molecule has 0 amide bonds. The molecule has 1 rings (SSSR count). The van der Waals surface area contributed by atoms with Crippen LogP contribution >= 0.6 is 0 Å². The van der Waals surface area contributed by atoms with Crippen molar-refractivity contribution in [3.05, 3.63) is 0 Å². The molecular weight excluding hydrogens is 196 g/mol. The van der Waals surface area contributed by atoms with E-state index < -0.39 is 37.3 Å². The van der Waals surface area contributed by atoms with Crippen LogP contribution in [0.3, 0.4) is 0 Å². The van der Waals surface area contributed by atoms with E-state index in [1.54, 1.807) is 0 Å². The average molecular weight is 210 g/mol. The fourth-order valence-corrected chi connectivity index (χ4v) is 1.24. The van der Waals surface area contributed by atoms with E-state index in [2.05, 4.69) is 9.78 Å². The van der Waals surface area contributed by atoms with Crippen molar-refractivity contribution in [2.45, 2.75) is 30.7 Å². The summed E-state index contributed by atoms with van der Waals surface area (Å²) in [5, 5.41) is 36.7. The lowest BCUT2D eigenvalue weighted by Gasteiger charge is -2.38. The summed E-state index contributed by atoms with van der Waals surface area (Å²) < 4.78 is 4.91. The molecule has 0 aromatic carbocycles. The first kappa shape index (κ1) is 11.8. The Morgan fingerprint density at radius 2 is 1.79 bits per heavy atom. The quantitative estimate of drug-likeness (QED) is 0.298. The Morgan fingerprint density at radius 1 is 1.14 bits per heavy atom. The Balaban J connectivity index is 2.63. The second-order valence-electron chi connectivity index (χ2n) is 2.96. The minimum atomic E-state index is -1.44. The van der Waals surface area contributed by atoms with Gasteiger partial charge in [0.1, 0.15) is 24.4 Å². The van der Waals surface area contributed by atoms with Gasteiger partial charge in [0.05, 0.1) is 13.7 Å². The summed E-state index contributed by atoms with van der Waals surface area (Å²) in [6.07, 6.45) is -6.45. The smallest absolute Gasteiger partial charge is 0.220 e. The summed E-state index contributed by atoms with van der Waals surface area (Å²) in [7, 11) is 1.21. The molecule has 0 bridgehead atoms. The first-order valence-corrected chi connectivity index (χ1v) is 4.11. The molecule has 0 radical (unpaired) electrons. The van der Waals surface area contributed by atoms with Crippen LogP contribution in [-0.2, 0) is 14.5 Å². The molecule has 0 spiro atoms. The minimum absolute atomic E-state index is 0.492. The van der Waals surface area contributed by atoms with Gasteiger partial charge < -0.3 is 25.2 Å². The van der Waals surface area contributed by atoms with Crippen LogP contribution in [0.1, 0.15) is 0 Å². The molecule has 84 valence electrons. The highest BCUT2D eigenvalue weighted by molar-refractivity contribution is 4.88. The third-order valence-corrected chi connectivity index (χ3v) is 2.04. The lowest BCUT2D eigenvalue weighted by molar-refractivity contribution is -0.415. The molecule has 0 aromatic heterocycles. The van der Waals surface area contributed by atoms with Gasteiger partial charge in [-0.15, -0.1) is 0 Å². The van der Waals surface area contributed by atoms with Crippen LogP contribution < -0.4 is 0 Å². The molecule has 1 aliphatic heterocycles. The van der Waals surface area contributed by atoms with Crippen LogP contribution in [0.15, 0.2) is 0 Å². The molecular formula is C7H14O7.